The lowest BCUT2D eigenvalue weighted by Crippen LogP contribution is -2.24. The average Bonchev–Trinajstić information content (AvgIpc) is 2.76. The predicted molar refractivity (Wildman–Crippen MR) is 60.0 cm³/mol. The lowest BCUT2D eigenvalue weighted by molar-refractivity contribution is 0.276. The lowest BCUT2D eigenvalue weighted by Gasteiger charge is -2.17. The van der Waals surface area contributed by atoms with Gasteiger partial charge in [-0.3, -0.25) is 4.90 Å². The van der Waals surface area contributed by atoms with Crippen molar-refractivity contribution in [2.75, 3.05) is 20.2 Å². The van der Waals surface area contributed by atoms with Gasteiger partial charge in [0, 0.05) is 25.8 Å². The maximum absolute atomic E-state index is 5.03. The molecule has 0 radical (unpaired) electrons. The molecule has 2 fully saturated rings. The minimum absolute atomic E-state index is 0.468. The van der Waals surface area contributed by atoms with Gasteiger partial charge in [-0.05, 0) is 23.8 Å². The van der Waals surface area contributed by atoms with E-state index in [4.69, 9.17) is 4.74 Å². The third-order valence-corrected chi connectivity index (χ3v) is 3.96. The summed E-state index contributed by atoms with van der Waals surface area (Å²) in [6, 6.07) is 2.44. The Bertz CT molecular complexity index is 384. The van der Waals surface area contributed by atoms with Gasteiger partial charge < -0.3 is 4.74 Å². The van der Waals surface area contributed by atoms with Crippen LogP contribution in [0.2, 0.25) is 0 Å². The van der Waals surface area contributed by atoms with Crippen molar-refractivity contribution >= 4 is 0 Å². The van der Waals surface area contributed by atoms with Crippen LogP contribution in [0.5, 0.6) is 6.01 Å². The van der Waals surface area contributed by atoms with Crippen LogP contribution >= 0.6 is 0 Å². The predicted octanol–water partition coefficient (Wildman–Crippen LogP) is 1.18. The highest BCUT2D eigenvalue weighted by molar-refractivity contribution is 5.08. The first-order valence-corrected chi connectivity index (χ1v) is 5.86. The summed E-state index contributed by atoms with van der Waals surface area (Å²) in [7, 11) is 1.60. The van der Waals surface area contributed by atoms with Gasteiger partial charge in [-0.2, -0.15) is 4.98 Å². The summed E-state index contributed by atoms with van der Waals surface area (Å²) in [5, 5.41) is 0. The van der Waals surface area contributed by atoms with Crippen LogP contribution in [0.25, 0.3) is 0 Å². The molecule has 1 aromatic heterocycles. The molecule has 2 unspecified atom stereocenters. The Kier molecular flexibility index (Phi) is 2.32. The highest BCUT2D eigenvalue weighted by Crippen LogP contribution is 2.51. The first-order chi connectivity index (χ1) is 7.78. The molecule has 0 aromatic carbocycles. The van der Waals surface area contributed by atoms with Crippen LogP contribution < -0.4 is 4.74 Å². The van der Waals surface area contributed by atoms with Gasteiger partial charge in [0.1, 0.15) is 0 Å². The van der Waals surface area contributed by atoms with Gasteiger partial charge in [0.2, 0.25) is 0 Å². The number of hydrogen-bond donors (Lipinski definition) is 0. The molecule has 0 bridgehead atoms. The zero-order valence-corrected chi connectivity index (χ0v) is 9.76. The molecular formula is C12H17N3O. The van der Waals surface area contributed by atoms with Gasteiger partial charge in [-0.25, -0.2) is 4.98 Å². The summed E-state index contributed by atoms with van der Waals surface area (Å²) in [5.74, 6) is 2.85. The fraction of sp³-hybridized carbons (Fsp3) is 0.667. The van der Waals surface area contributed by atoms with Crippen molar-refractivity contribution in [3.63, 3.8) is 0 Å². The molecule has 4 heteroatoms. The molecule has 0 spiro atoms. The second-order valence-electron chi connectivity index (χ2n) is 4.92. The number of rotatable bonds is 3. The molecule has 4 nitrogen and oxygen atoms in total. The summed E-state index contributed by atoms with van der Waals surface area (Å²) in [5.41, 5.74) is 1.06. The average molecular weight is 219 g/mol. The molecule has 3 rings (SSSR count). The van der Waals surface area contributed by atoms with Crippen LogP contribution in [-0.4, -0.2) is 35.1 Å². The van der Waals surface area contributed by atoms with E-state index in [1.165, 1.54) is 13.1 Å². The van der Waals surface area contributed by atoms with E-state index in [0.717, 1.165) is 30.0 Å². The zero-order chi connectivity index (χ0) is 11.1. The van der Waals surface area contributed by atoms with Crippen LogP contribution in [-0.2, 0) is 6.54 Å². The Hall–Kier alpha value is -1.16. The quantitative estimate of drug-likeness (QED) is 0.765. The zero-order valence-electron chi connectivity index (χ0n) is 9.76. The van der Waals surface area contributed by atoms with Gasteiger partial charge in [-0.1, -0.05) is 6.92 Å². The van der Waals surface area contributed by atoms with Crippen molar-refractivity contribution in [2.24, 2.45) is 17.8 Å². The van der Waals surface area contributed by atoms with E-state index >= 15 is 0 Å². The molecular weight excluding hydrogens is 202 g/mol. The molecule has 1 aliphatic heterocycles. The summed E-state index contributed by atoms with van der Waals surface area (Å²) < 4.78 is 5.03. The molecule has 1 saturated heterocycles. The first kappa shape index (κ1) is 10.0. The van der Waals surface area contributed by atoms with Crippen molar-refractivity contribution in [1.82, 2.24) is 14.9 Å². The Labute approximate surface area is 95.7 Å². The number of likely N-dealkylation sites (tertiary alicyclic amines) is 1. The number of hydrogen-bond acceptors (Lipinski definition) is 4. The van der Waals surface area contributed by atoms with Crippen molar-refractivity contribution in [3.05, 3.63) is 18.0 Å². The van der Waals surface area contributed by atoms with Crippen molar-refractivity contribution in [2.45, 2.75) is 13.5 Å². The van der Waals surface area contributed by atoms with E-state index in [1.54, 1.807) is 13.3 Å². The van der Waals surface area contributed by atoms with E-state index in [1.807, 2.05) is 6.07 Å². The van der Waals surface area contributed by atoms with Crippen LogP contribution in [0.3, 0.4) is 0 Å². The van der Waals surface area contributed by atoms with Gasteiger partial charge in [0.05, 0.1) is 12.8 Å². The number of aromatic nitrogens is 2. The van der Waals surface area contributed by atoms with Crippen molar-refractivity contribution < 1.29 is 4.74 Å². The Balaban J connectivity index is 1.62. The summed E-state index contributed by atoms with van der Waals surface area (Å²) in [4.78, 5) is 10.8. The Morgan fingerprint density at radius 3 is 2.88 bits per heavy atom. The van der Waals surface area contributed by atoms with Crippen LogP contribution in [0.1, 0.15) is 12.6 Å². The molecule has 1 aromatic rings. The van der Waals surface area contributed by atoms with Crippen molar-refractivity contribution in [3.8, 4) is 6.01 Å². The molecule has 86 valence electrons. The summed E-state index contributed by atoms with van der Waals surface area (Å²) in [6.07, 6.45) is 1.76. The standard InChI is InChI=1S/C12H17N3O/c1-8-10-6-15(7-11(8)10)5-9-3-4-13-12(14-9)16-2/h3-4,8,10-11H,5-7H2,1-2H3. The van der Waals surface area contributed by atoms with Crippen LogP contribution in [0.15, 0.2) is 12.3 Å². The highest BCUT2D eigenvalue weighted by atomic mass is 16.5. The van der Waals surface area contributed by atoms with Crippen molar-refractivity contribution in [1.29, 1.82) is 0 Å². The molecule has 2 heterocycles. The van der Waals surface area contributed by atoms with Gasteiger partial charge >= 0.3 is 6.01 Å². The minimum atomic E-state index is 0.468. The van der Waals surface area contributed by atoms with Crippen LogP contribution in [0, 0.1) is 17.8 Å². The topological polar surface area (TPSA) is 38.2 Å². The highest BCUT2D eigenvalue weighted by Gasteiger charge is 2.52. The number of nitrogens with zero attached hydrogens (tertiary/aromatic N) is 3. The Morgan fingerprint density at radius 2 is 2.19 bits per heavy atom. The maximum Gasteiger partial charge on any atom is 0.316 e. The molecule has 2 aliphatic rings. The lowest BCUT2D eigenvalue weighted by atomic mass is 10.3. The number of ether oxygens (including phenoxy) is 1. The monoisotopic (exact) mass is 219 g/mol. The van der Waals surface area contributed by atoms with E-state index in [2.05, 4.69) is 21.8 Å². The van der Waals surface area contributed by atoms with E-state index in [-0.39, 0.29) is 0 Å². The smallest absolute Gasteiger partial charge is 0.316 e. The van der Waals surface area contributed by atoms with E-state index in [0.29, 0.717) is 6.01 Å². The molecule has 0 N–H and O–H groups in total. The fourth-order valence-electron chi connectivity index (χ4n) is 2.83. The largest absolute Gasteiger partial charge is 0.467 e. The molecule has 1 saturated carbocycles. The van der Waals surface area contributed by atoms with E-state index in [9.17, 15) is 0 Å². The molecule has 2 atom stereocenters. The normalized spacial score (nSPS) is 32.5. The molecule has 16 heavy (non-hydrogen) atoms. The number of fused-ring (bicyclic) bond motifs is 1. The van der Waals surface area contributed by atoms with Gasteiger partial charge in [-0.15, -0.1) is 0 Å². The third-order valence-electron chi connectivity index (χ3n) is 3.96. The summed E-state index contributed by atoms with van der Waals surface area (Å²) >= 11 is 0. The second-order valence-corrected chi connectivity index (χ2v) is 4.92. The number of piperidine rings is 1. The third kappa shape index (κ3) is 1.67. The summed E-state index contributed by atoms with van der Waals surface area (Å²) in [6.45, 7) is 5.76. The first-order valence-electron chi connectivity index (χ1n) is 5.86. The fourth-order valence-corrected chi connectivity index (χ4v) is 2.83. The van der Waals surface area contributed by atoms with Gasteiger partial charge in [0.15, 0.2) is 0 Å². The van der Waals surface area contributed by atoms with E-state index < -0.39 is 0 Å². The minimum Gasteiger partial charge on any atom is -0.467 e. The molecule has 0 amide bonds. The SMILES string of the molecule is COc1nccc(CN2CC3C(C)C3C2)n1. The molecule has 1 aliphatic carbocycles. The second kappa shape index (κ2) is 3.70. The van der Waals surface area contributed by atoms with Crippen LogP contribution in [0.4, 0.5) is 0 Å². The van der Waals surface area contributed by atoms with Gasteiger partial charge in [0.25, 0.3) is 0 Å². The number of methoxy groups -OCH3 is 1. The Morgan fingerprint density at radius 1 is 1.44 bits per heavy atom. The maximum atomic E-state index is 5.03.